The first-order valence-corrected chi connectivity index (χ1v) is 17.0. The summed E-state index contributed by atoms with van der Waals surface area (Å²) < 4.78 is 2.06. The lowest BCUT2D eigenvalue weighted by atomic mass is 9.86. The summed E-state index contributed by atoms with van der Waals surface area (Å²) in [4.78, 5) is 52.7. The van der Waals surface area contributed by atoms with Gasteiger partial charge >= 0.3 is 5.97 Å². The third-order valence-electron chi connectivity index (χ3n) is 8.23. The highest BCUT2D eigenvalue weighted by Gasteiger charge is 2.41. The summed E-state index contributed by atoms with van der Waals surface area (Å²) in [6.45, 7) is 4.73. The molecule has 43 heavy (non-hydrogen) atoms. The maximum absolute atomic E-state index is 13.3. The standard InChI is InChI=1S/C33H34N4O5Si/c1-35(2)21-8-11-24-27(18-21)43(5,6)28-19-22(36(3)4)9-12-25(28)31(24)26-17-20(7-10-23(26)33(41)42)32(40)34-15-16-37-29(38)13-14-30(37)39/h7-14,17-19H,15-16H2,1-6H3,(H-,34,40,41,42)/p+1. The quantitative estimate of drug-likeness (QED) is 0.289. The zero-order valence-corrected chi connectivity index (χ0v) is 26.2. The Bertz CT molecular complexity index is 1740. The van der Waals surface area contributed by atoms with Crippen molar-refractivity contribution in [3.05, 3.63) is 99.8 Å². The molecule has 3 amide bonds. The van der Waals surface area contributed by atoms with Crippen LogP contribution in [0.4, 0.5) is 5.69 Å². The number of carbonyl (C=O) groups is 4. The number of anilines is 1. The number of amides is 3. The van der Waals surface area contributed by atoms with Gasteiger partial charge in [0.15, 0.2) is 5.71 Å². The van der Waals surface area contributed by atoms with Crippen molar-refractivity contribution in [1.82, 2.24) is 10.2 Å². The van der Waals surface area contributed by atoms with Crippen molar-refractivity contribution in [3.63, 3.8) is 0 Å². The van der Waals surface area contributed by atoms with Crippen LogP contribution in [0.3, 0.4) is 0 Å². The molecule has 2 aromatic carbocycles. The Morgan fingerprint density at radius 1 is 0.953 bits per heavy atom. The highest BCUT2D eigenvalue weighted by molar-refractivity contribution is 6.98. The molecule has 2 heterocycles. The number of fused-ring (bicyclic) bond motifs is 2. The molecule has 0 saturated carbocycles. The zero-order chi connectivity index (χ0) is 31.2. The molecule has 0 spiro atoms. The van der Waals surface area contributed by atoms with E-state index in [0.717, 1.165) is 33.0 Å². The van der Waals surface area contributed by atoms with E-state index >= 15 is 0 Å². The van der Waals surface area contributed by atoms with Gasteiger partial charge in [0, 0.05) is 62.7 Å². The lowest BCUT2D eigenvalue weighted by Crippen LogP contribution is -2.49. The smallest absolute Gasteiger partial charge is 0.336 e. The minimum absolute atomic E-state index is 0.0384. The lowest BCUT2D eigenvalue weighted by Gasteiger charge is -2.38. The average molecular weight is 596 g/mol. The summed E-state index contributed by atoms with van der Waals surface area (Å²) in [6.07, 6.45) is 8.71. The van der Waals surface area contributed by atoms with E-state index in [1.54, 1.807) is 6.07 Å². The fraction of sp³-hybridized carbons (Fsp3) is 0.242. The Hall–Kier alpha value is -4.83. The molecule has 2 aromatic rings. The van der Waals surface area contributed by atoms with E-state index in [1.807, 2.05) is 40.3 Å². The van der Waals surface area contributed by atoms with Crippen LogP contribution in [-0.4, -0.2) is 93.3 Å². The highest BCUT2D eigenvalue weighted by atomic mass is 28.3. The van der Waals surface area contributed by atoms with Gasteiger partial charge in [-0.1, -0.05) is 19.2 Å². The molecule has 1 aliphatic carbocycles. The largest absolute Gasteiger partial charge is 0.478 e. The monoisotopic (exact) mass is 595 g/mol. The molecule has 5 rings (SSSR count). The number of nitrogens with one attached hydrogen (secondary N) is 1. The number of rotatable bonds is 7. The molecule has 0 fully saturated rings. The molecule has 2 N–H and O–H groups in total. The molecule has 0 atom stereocenters. The van der Waals surface area contributed by atoms with Gasteiger partial charge in [0.2, 0.25) is 0 Å². The fourth-order valence-corrected chi connectivity index (χ4v) is 8.86. The van der Waals surface area contributed by atoms with Gasteiger partial charge in [-0.25, -0.2) is 9.37 Å². The van der Waals surface area contributed by atoms with Crippen LogP contribution >= 0.6 is 0 Å². The summed E-state index contributed by atoms with van der Waals surface area (Å²) in [5.74, 6) is -2.35. The molecule has 220 valence electrons. The maximum atomic E-state index is 13.3. The topological polar surface area (TPSA) is 110 Å². The van der Waals surface area contributed by atoms with Crippen LogP contribution in [0.1, 0.15) is 31.8 Å². The Balaban J connectivity index is 1.64. The Morgan fingerprint density at radius 2 is 1.65 bits per heavy atom. The van der Waals surface area contributed by atoms with Gasteiger partial charge in [0.05, 0.1) is 5.56 Å². The van der Waals surface area contributed by atoms with Crippen molar-refractivity contribution in [1.29, 1.82) is 0 Å². The number of nitrogens with zero attached hydrogens (tertiary/aromatic N) is 3. The predicted octanol–water partition coefficient (Wildman–Crippen LogP) is 2.58. The second-order valence-electron chi connectivity index (χ2n) is 11.7. The lowest BCUT2D eigenvalue weighted by molar-refractivity contribution is -0.462. The number of carboxylic acids is 1. The van der Waals surface area contributed by atoms with E-state index < -0.39 is 31.8 Å². The van der Waals surface area contributed by atoms with Gasteiger partial charge in [0.1, 0.15) is 22.2 Å². The first-order chi connectivity index (χ1) is 20.3. The Labute approximate surface area is 251 Å². The summed E-state index contributed by atoms with van der Waals surface area (Å²) >= 11 is 0. The molecule has 10 heteroatoms. The number of aromatic carboxylic acids is 1. The number of carboxylic acid groups (broad SMARTS) is 1. The van der Waals surface area contributed by atoms with Crippen LogP contribution in [0.2, 0.25) is 13.1 Å². The Kier molecular flexibility index (Phi) is 7.66. The molecule has 0 radical (unpaired) electrons. The molecule has 0 bridgehead atoms. The number of imide groups is 1. The molecule has 0 aromatic heterocycles. The van der Waals surface area contributed by atoms with Gasteiger partial charge in [-0.05, 0) is 69.1 Å². The summed E-state index contributed by atoms with van der Waals surface area (Å²) in [5, 5.41) is 15.4. The van der Waals surface area contributed by atoms with Crippen molar-refractivity contribution in [2.45, 2.75) is 13.1 Å². The van der Waals surface area contributed by atoms with Crippen LogP contribution in [0, 0.1) is 0 Å². The van der Waals surface area contributed by atoms with Gasteiger partial charge in [-0.3, -0.25) is 19.3 Å². The number of carbonyl (C=O) groups excluding carboxylic acids is 3. The van der Waals surface area contributed by atoms with Crippen molar-refractivity contribution < 1.29 is 28.9 Å². The van der Waals surface area contributed by atoms with Crippen molar-refractivity contribution >= 4 is 53.9 Å². The highest BCUT2D eigenvalue weighted by Crippen LogP contribution is 2.43. The molecule has 2 aliphatic heterocycles. The first-order valence-electron chi connectivity index (χ1n) is 14.0. The Morgan fingerprint density at radius 3 is 2.28 bits per heavy atom. The van der Waals surface area contributed by atoms with E-state index in [0.29, 0.717) is 5.56 Å². The third kappa shape index (κ3) is 5.30. The second-order valence-corrected chi connectivity index (χ2v) is 16.1. The van der Waals surface area contributed by atoms with E-state index in [-0.39, 0.29) is 24.2 Å². The summed E-state index contributed by atoms with van der Waals surface area (Å²) in [6, 6.07) is 10.9. The fourth-order valence-electron chi connectivity index (χ4n) is 5.78. The molecular formula is C33H35N4O5Si+. The van der Waals surface area contributed by atoms with E-state index in [9.17, 15) is 24.3 Å². The van der Waals surface area contributed by atoms with E-state index in [2.05, 4.69) is 52.2 Å². The molecule has 9 nitrogen and oxygen atoms in total. The number of benzene rings is 2. The predicted molar refractivity (Wildman–Crippen MR) is 170 cm³/mol. The molecule has 3 aliphatic rings. The van der Waals surface area contributed by atoms with Gasteiger partial charge in [0.25, 0.3) is 17.7 Å². The van der Waals surface area contributed by atoms with Crippen molar-refractivity contribution in [3.8, 4) is 0 Å². The van der Waals surface area contributed by atoms with Crippen molar-refractivity contribution in [2.24, 2.45) is 0 Å². The average Bonchev–Trinajstić information content (AvgIpc) is 3.29. The molecule has 0 unspecified atom stereocenters. The minimum Gasteiger partial charge on any atom is -0.478 e. The number of hydrogen-bond acceptors (Lipinski definition) is 5. The number of hydrogen-bond donors (Lipinski definition) is 2. The normalized spacial score (nSPS) is 16.7. The van der Waals surface area contributed by atoms with Gasteiger partial charge in [-0.15, -0.1) is 0 Å². The van der Waals surface area contributed by atoms with Crippen LogP contribution in [-0.2, 0) is 9.59 Å². The second kappa shape index (κ2) is 11.1. The minimum atomic E-state index is -2.25. The maximum Gasteiger partial charge on any atom is 0.336 e. The van der Waals surface area contributed by atoms with Crippen LogP contribution in [0.5, 0.6) is 0 Å². The molecular weight excluding hydrogens is 560 g/mol. The number of allylic oxidation sites excluding steroid dienone is 5. The summed E-state index contributed by atoms with van der Waals surface area (Å²) in [7, 11) is 5.75. The van der Waals surface area contributed by atoms with E-state index in [1.165, 1.54) is 34.7 Å². The van der Waals surface area contributed by atoms with E-state index in [4.69, 9.17) is 0 Å². The third-order valence-corrected chi connectivity index (χ3v) is 11.7. The first kappa shape index (κ1) is 29.7. The molecule has 0 saturated heterocycles. The van der Waals surface area contributed by atoms with Crippen LogP contribution < -0.4 is 15.4 Å². The summed E-state index contributed by atoms with van der Waals surface area (Å²) in [5.41, 5.74) is 5.65. The van der Waals surface area contributed by atoms with Crippen LogP contribution in [0.25, 0.3) is 5.57 Å². The van der Waals surface area contributed by atoms with Gasteiger partial charge in [-0.2, -0.15) is 0 Å². The SMILES string of the molecule is CN(C)c1ccc2c(c1)[Si](C)(C)C1=CC(=[N+](C)C)C=CC1=C2c1cc(C(=O)NCCN2C(=O)C=CC2=O)ccc1C(=O)O. The zero-order valence-electron chi connectivity index (χ0n) is 25.2. The van der Waals surface area contributed by atoms with Crippen LogP contribution in [0.15, 0.2) is 77.5 Å². The van der Waals surface area contributed by atoms with Gasteiger partial charge < -0.3 is 15.3 Å². The van der Waals surface area contributed by atoms with Crippen molar-refractivity contribution in [2.75, 3.05) is 46.2 Å².